The number of nitrogens with two attached hydrogens (primary N) is 3. The fourth-order valence-corrected chi connectivity index (χ4v) is 4.47. The summed E-state index contributed by atoms with van der Waals surface area (Å²) >= 11 is 0. The molecule has 2 rings (SSSR count). The first-order valence-electron chi connectivity index (χ1n) is 9.40. The van der Waals surface area contributed by atoms with Crippen LogP contribution in [0.5, 0.6) is 0 Å². The van der Waals surface area contributed by atoms with Crippen molar-refractivity contribution in [1.29, 1.82) is 0 Å². The number of hydrogen-bond donors (Lipinski definition) is 4. The van der Waals surface area contributed by atoms with E-state index in [4.69, 9.17) is 17.2 Å². The Morgan fingerprint density at radius 1 is 1.22 bits per heavy atom. The minimum absolute atomic E-state index is 0.0207. The third-order valence-corrected chi connectivity index (χ3v) is 5.85. The number of nitrogens with zero attached hydrogens (tertiary/aromatic N) is 1. The molecule has 0 bridgehead atoms. The number of hydrogen-bond acceptors (Lipinski definition) is 5. The fourth-order valence-electron chi connectivity index (χ4n) is 4.47. The fraction of sp³-hybridized carbons (Fsp3) is 0.722. The highest BCUT2D eigenvalue weighted by molar-refractivity contribution is 6.04. The lowest BCUT2D eigenvalue weighted by Crippen LogP contribution is -2.58. The lowest BCUT2D eigenvalue weighted by atomic mass is 9.62. The summed E-state index contributed by atoms with van der Waals surface area (Å²) in [5.41, 5.74) is 15.3. The second-order valence-electron chi connectivity index (χ2n) is 7.60. The number of carbonyl (C=O) groups is 4. The van der Waals surface area contributed by atoms with E-state index >= 15 is 0 Å². The highest BCUT2D eigenvalue weighted by Crippen LogP contribution is 2.48. The molecule has 1 spiro atoms. The van der Waals surface area contributed by atoms with Crippen molar-refractivity contribution in [2.75, 3.05) is 6.54 Å². The van der Waals surface area contributed by atoms with Crippen molar-refractivity contribution in [2.45, 2.75) is 57.9 Å². The maximum Gasteiger partial charge on any atom is 0.240 e. The number of primary amides is 1. The number of guanidine groups is 1. The van der Waals surface area contributed by atoms with Gasteiger partial charge in [0, 0.05) is 25.3 Å². The van der Waals surface area contributed by atoms with Crippen molar-refractivity contribution in [2.24, 2.45) is 39.4 Å². The molecule has 2 aliphatic rings. The number of aliphatic imine (C=N–C) groups is 1. The Labute approximate surface area is 158 Å². The van der Waals surface area contributed by atoms with Gasteiger partial charge < -0.3 is 22.5 Å². The number of amides is 2. The molecule has 2 amide bonds. The minimum Gasteiger partial charge on any atom is -0.370 e. The van der Waals surface area contributed by atoms with Crippen LogP contribution in [0, 0.1) is 17.3 Å². The number of piperidine rings is 1. The quantitative estimate of drug-likeness (QED) is 0.207. The van der Waals surface area contributed by atoms with Crippen LogP contribution in [0.25, 0.3) is 0 Å². The van der Waals surface area contributed by atoms with Gasteiger partial charge in [0.15, 0.2) is 5.96 Å². The van der Waals surface area contributed by atoms with E-state index in [1.165, 1.54) is 0 Å². The molecule has 1 saturated heterocycles. The van der Waals surface area contributed by atoms with Crippen LogP contribution in [0.1, 0.15) is 51.9 Å². The van der Waals surface area contributed by atoms with Gasteiger partial charge >= 0.3 is 0 Å². The van der Waals surface area contributed by atoms with Gasteiger partial charge in [-0.2, -0.15) is 0 Å². The molecule has 1 heterocycles. The van der Waals surface area contributed by atoms with E-state index in [1.54, 1.807) is 0 Å². The third kappa shape index (κ3) is 4.64. The van der Waals surface area contributed by atoms with Crippen molar-refractivity contribution in [3.63, 3.8) is 0 Å². The van der Waals surface area contributed by atoms with Gasteiger partial charge in [0.2, 0.25) is 11.8 Å². The molecule has 1 saturated carbocycles. The molecule has 0 aromatic rings. The van der Waals surface area contributed by atoms with Crippen LogP contribution < -0.4 is 22.5 Å². The summed E-state index contributed by atoms with van der Waals surface area (Å²) in [4.78, 5) is 53.5. The van der Waals surface area contributed by atoms with Gasteiger partial charge in [-0.15, -0.1) is 0 Å². The lowest BCUT2D eigenvalue weighted by Gasteiger charge is -2.45. The molecule has 4 atom stereocenters. The normalized spacial score (nSPS) is 31.3. The Hall–Kier alpha value is -2.45. The predicted octanol–water partition coefficient (Wildman–Crippen LogP) is -0.635. The predicted molar refractivity (Wildman–Crippen MR) is 99.2 cm³/mol. The van der Waals surface area contributed by atoms with Crippen LogP contribution in [0.3, 0.4) is 0 Å². The number of carbonyl (C=O) groups excluding carboxylic acids is 4. The number of ketones is 2. The van der Waals surface area contributed by atoms with E-state index in [0.717, 1.165) is 0 Å². The first-order valence-corrected chi connectivity index (χ1v) is 9.40. The highest BCUT2D eigenvalue weighted by Gasteiger charge is 2.52. The standard InChI is InChI=1S/C18H29N5O4/c1-2-10-13(24)5-6-18(9-14(10)25)8-12(15(19)26)23-16(27)11(18)4-3-7-22-17(20)21/h10-12H,2-9H2,1H3,(H2,19,26)(H,23,27)(H4,20,21,22)/t10?,11-,12?,18?/m0/s1. The van der Waals surface area contributed by atoms with Crippen LogP contribution >= 0.6 is 0 Å². The van der Waals surface area contributed by atoms with Crippen molar-refractivity contribution in [1.82, 2.24) is 5.32 Å². The lowest BCUT2D eigenvalue weighted by molar-refractivity contribution is -0.142. The summed E-state index contributed by atoms with van der Waals surface area (Å²) in [6.45, 7) is 2.18. The summed E-state index contributed by atoms with van der Waals surface area (Å²) in [5.74, 6) is -2.29. The van der Waals surface area contributed by atoms with E-state index < -0.39 is 29.2 Å². The van der Waals surface area contributed by atoms with E-state index in [-0.39, 0.29) is 42.7 Å². The smallest absolute Gasteiger partial charge is 0.240 e. The average Bonchev–Trinajstić information content (AvgIpc) is 2.69. The van der Waals surface area contributed by atoms with E-state index in [2.05, 4.69) is 10.3 Å². The topological polar surface area (TPSA) is 171 Å². The highest BCUT2D eigenvalue weighted by atomic mass is 16.2. The first kappa shape index (κ1) is 20.9. The Morgan fingerprint density at radius 2 is 1.93 bits per heavy atom. The molecule has 0 aromatic carbocycles. The molecule has 27 heavy (non-hydrogen) atoms. The monoisotopic (exact) mass is 379 g/mol. The Balaban J connectivity index is 2.30. The van der Waals surface area contributed by atoms with Gasteiger partial charge in [0.1, 0.15) is 17.6 Å². The molecule has 9 nitrogen and oxygen atoms in total. The number of nitrogens with one attached hydrogen (secondary N) is 1. The summed E-state index contributed by atoms with van der Waals surface area (Å²) < 4.78 is 0. The zero-order valence-corrected chi connectivity index (χ0v) is 15.7. The maximum absolute atomic E-state index is 12.8. The van der Waals surface area contributed by atoms with Crippen LogP contribution in [0.2, 0.25) is 0 Å². The van der Waals surface area contributed by atoms with Gasteiger partial charge in [-0.1, -0.05) is 6.92 Å². The zero-order chi connectivity index (χ0) is 20.2. The minimum atomic E-state index is -0.826. The molecule has 7 N–H and O–H groups in total. The van der Waals surface area contributed by atoms with E-state index in [0.29, 0.717) is 32.2 Å². The number of rotatable bonds is 6. The van der Waals surface area contributed by atoms with Crippen molar-refractivity contribution >= 4 is 29.3 Å². The van der Waals surface area contributed by atoms with Gasteiger partial charge in [-0.3, -0.25) is 24.2 Å². The second-order valence-corrected chi connectivity index (χ2v) is 7.60. The van der Waals surface area contributed by atoms with Crippen LogP contribution in [0.4, 0.5) is 0 Å². The molecule has 150 valence electrons. The van der Waals surface area contributed by atoms with Crippen molar-refractivity contribution in [3.05, 3.63) is 0 Å². The third-order valence-electron chi connectivity index (χ3n) is 5.85. The Morgan fingerprint density at radius 3 is 2.52 bits per heavy atom. The summed E-state index contributed by atoms with van der Waals surface area (Å²) in [6, 6.07) is -0.826. The molecule has 2 fully saturated rings. The molecular formula is C18H29N5O4. The summed E-state index contributed by atoms with van der Waals surface area (Å²) in [7, 11) is 0. The van der Waals surface area contributed by atoms with Crippen LogP contribution in [-0.4, -0.2) is 41.9 Å². The van der Waals surface area contributed by atoms with Crippen LogP contribution in [0.15, 0.2) is 4.99 Å². The van der Waals surface area contributed by atoms with Gasteiger partial charge in [0.05, 0.1) is 5.92 Å². The summed E-state index contributed by atoms with van der Waals surface area (Å²) in [6.07, 6.45) is 2.49. The Bertz CT molecular complexity index is 658. The molecule has 1 aliphatic carbocycles. The second kappa shape index (κ2) is 8.49. The van der Waals surface area contributed by atoms with Crippen molar-refractivity contribution in [3.8, 4) is 0 Å². The largest absolute Gasteiger partial charge is 0.370 e. The van der Waals surface area contributed by atoms with Gasteiger partial charge in [-0.05, 0) is 37.5 Å². The van der Waals surface area contributed by atoms with Gasteiger partial charge in [-0.25, -0.2) is 0 Å². The first-order chi connectivity index (χ1) is 12.7. The molecule has 0 aromatic heterocycles. The Kier molecular flexibility index (Phi) is 6.56. The van der Waals surface area contributed by atoms with Crippen molar-refractivity contribution < 1.29 is 19.2 Å². The zero-order valence-electron chi connectivity index (χ0n) is 15.7. The van der Waals surface area contributed by atoms with E-state index in [1.807, 2.05) is 6.92 Å². The molecular weight excluding hydrogens is 350 g/mol. The molecule has 0 radical (unpaired) electrons. The average molecular weight is 379 g/mol. The molecule has 9 heteroatoms. The number of Topliss-reactive ketones (excluding diaryl/α,β-unsaturated/α-hetero) is 2. The van der Waals surface area contributed by atoms with E-state index in [9.17, 15) is 19.2 Å². The van der Waals surface area contributed by atoms with Gasteiger partial charge in [0.25, 0.3) is 0 Å². The van der Waals surface area contributed by atoms with Crippen LogP contribution in [-0.2, 0) is 19.2 Å². The molecule has 1 aliphatic heterocycles. The maximum atomic E-state index is 12.8. The molecule has 3 unspecified atom stereocenters. The summed E-state index contributed by atoms with van der Waals surface area (Å²) in [5, 5.41) is 2.66. The SMILES string of the molecule is CCC1C(=O)CCC2(CC1=O)CC(C(N)=O)NC(=O)[C@@H]2CCCN=C(N)N.